The molecule has 3 aromatic rings. The second kappa shape index (κ2) is 4.93. The lowest BCUT2D eigenvalue weighted by Crippen LogP contribution is -1.96. The summed E-state index contributed by atoms with van der Waals surface area (Å²) in [5.74, 6) is 0.427. The van der Waals surface area contributed by atoms with Crippen LogP contribution < -0.4 is 0 Å². The molecule has 3 rings (SSSR count). The highest BCUT2D eigenvalue weighted by molar-refractivity contribution is 9.10. The zero-order valence-corrected chi connectivity index (χ0v) is 11.4. The second-order valence-electron chi connectivity index (χ2n) is 3.99. The Kier molecular flexibility index (Phi) is 3.13. The van der Waals surface area contributed by atoms with Gasteiger partial charge in [0.1, 0.15) is 5.82 Å². The number of nitrogens with zero attached hydrogens (tertiary/aromatic N) is 3. The van der Waals surface area contributed by atoms with Gasteiger partial charge < -0.3 is 0 Å². The van der Waals surface area contributed by atoms with Gasteiger partial charge in [-0.25, -0.2) is 14.1 Å². The molecule has 3 nitrogen and oxygen atoms in total. The number of pyridine rings is 1. The first-order valence-corrected chi connectivity index (χ1v) is 6.45. The molecule has 0 atom stereocenters. The van der Waals surface area contributed by atoms with Crippen LogP contribution in [0.1, 0.15) is 0 Å². The summed E-state index contributed by atoms with van der Waals surface area (Å²) in [5.41, 5.74) is 1.26. The first kappa shape index (κ1) is 12.0. The van der Waals surface area contributed by atoms with Crippen LogP contribution in [0.4, 0.5) is 4.39 Å². The van der Waals surface area contributed by atoms with Crippen LogP contribution in [-0.2, 0) is 0 Å². The standard InChI is InChI=1S/C14H9BrFN3/c15-11-5-6-14(17-8-11)19-9-10(7-18-19)12-3-1-2-4-13(12)16/h1-9H. The average Bonchev–Trinajstić information content (AvgIpc) is 2.89. The largest absolute Gasteiger partial charge is 0.236 e. The molecule has 2 heterocycles. The van der Waals surface area contributed by atoms with E-state index in [0.717, 1.165) is 10.0 Å². The zero-order valence-electron chi connectivity index (χ0n) is 9.79. The summed E-state index contributed by atoms with van der Waals surface area (Å²) in [7, 11) is 0. The fraction of sp³-hybridized carbons (Fsp3) is 0. The van der Waals surface area contributed by atoms with Gasteiger partial charge in [-0.2, -0.15) is 5.10 Å². The van der Waals surface area contributed by atoms with Crippen LogP contribution in [0.3, 0.4) is 0 Å². The number of rotatable bonds is 2. The molecule has 0 unspecified atom stereocenters. The zero-order chi connectivity index (χ0) is 13.2. The van der Waals surface area contributed by atoms with Crippen LogP contribution in [-0.4, -0.2) is 14.8 Å². The molecule has 0 fully saturated rings. The minimum atomic E-state index is -0.259. The van der Waals surface area contributed by atoms with Crippen molar-refractivity contribution < 1.29 is 4.39 Å². The van der Waals surface area contributed by atoms with Gasteiger partial charge in [-0.15, -0.1) is 0 Å². The Balaban J connectivity index is 2.00. The van der Waals surface area contributed by atoms with E-state index in [1.54, 1.807) is 41.5 Å². The van der Waals surface area contributed by atoms with Crippen molar-refractivity contribution in [2.75, 3.05) is 0 Å². The highest BCUT2D eigenvalue weighted by atomic mass is 79.9. The number of benzene rings is 1. The highest BCUT2D eigenvalue weighted by Gasteiger charge is 2.07. The van der Waals surface area contributed by atoms with Crippen molar-refractivity contribution in [1.82, 2.24) is 14.8 Å². The predicted octanol–water partition coefficient (Wildman–Crippen LogP) is 3.84. The molecular weight excluding hydrogens is 309 g/mol. The van der Waals surface area contributed by atoms with E-state index < -0.39 is 0 Å². The third kappa shape index (κ3) is 2.42. The molecule has 0 radical (unpaired) electrons. The molecule has 0 aliphatic heterocycles. The molecule has 2 aromatic heterocycles. The third-order valence-corrected chi connectivity index (χ3v) is 3.18. The lowest BCUT2D eigenvalue weighted by molar-refractivity contribution is 0.631. The third-order valence-electron chi connectivity index (χ3n) is 2.71. The fourth-order valence-electron chi connectivity index (χ4n) is 1.79. The molecule has 0 aliphatic carbocycles. The summed E-state index contributed by atoms with van der Waals surface area (Å²) in [6.07, 6.45) is 5.08. The minimum Gasteiger partial charge on any atom is -0.236 e. The van der Waals surface area contributed by atoms with Crippen molar-refractivity contribution in [3.8, 4) is 16.9 Å². The Morgan fingerprint density at radius 1 is 1.05 bits per heavy atom. The van der Waals surface area contributed by atoms with E-state index in [0.29, 0.717) is 11.4 Å². The van der Waals surface area contributed by atoms with E-state index in [4.69, 9.17) is 0 Å². The van der Waals surface area contributed by atoms with Crippen LogP contribution >= 0.6 is 15.9 Å². The lowest BCUT2D eigenvalue weighted by Gasteiger charge is -2.00. The monoisotopic (exact) mass is 317 g/mol. The fourth-order valence-corrected chi connectivity index (χ4v) is 2.02. The SMILES string of the molecule is Fc1ccccc1-c1cnn(-c2ccc(Br)cn2)c1. The molecule has 5 heteroatoms. The lowest BCUT2D eigenvalue weighted by atomic mass is 10.1. The van der Waals surface area contributed by atoms with Crippen LogP contribution in [0.2, 0.25) is 0 Å². The normalized spacial score (nSPS) is 10.6. The van der Waals surface area contributed by atoms with Crippen molar-refractivity contribution >= 4 is 15.9 Å². The highest BCUT2D eigenvalue weighted by Crippen LogP contribution is 2.22. The first-order chi connectivity index (χ1) is 9.24. The molecule has 1 aromatic carbocycles. The van der Waals surface area contributed by atoms with E-state index >= 15 is 0 Å². The van der Waals surface area contributed by atoms with Gasteiger partial charge in [-0.05, 0) is 34.1 Å². The first-order valence-electron chi connectivity index (χ1n) is 5.65. The summed E-state index contributed by atoms with van der Waals surface area (Å²) in [4.78, 5) is 4.24. The van der Waals surface area contributed by atoms with Crippen molar-refractivity contribution in [1.29, 1.82) is 0 Å². The summed E-state index contributed by atoms with van der Waals surface area (Å²) >= 11 is 3.33. The average molecular weight is 318 g/mol. The number of aromatic nitrogens is 3. The molecule has 0 N–H and O–H groups in total. The Morgan fingerprint density at radius 2 is 1.89 bits per heavy atom. The minimum absolute atomic E-state index is 0.259. The van der Waals surface area contributed by atoms with Gasteiger partial charge >= 0.3 is 0 Å². The van der Waals surface area contributed by atoms with Crippen molar-refractivity contribution in [3.05, 3.63) is 65.3 Å². The molecule has 0 spiro atoms. The second-order valence-corrected chi connectivity index (χ2v) is 4.90. The van der Waals surface area contributed by atoms with E-state index in [9.17, 15) is 4.39 Å². The van der Waals surface area contributed by atoms with E-state index in [2.05, 4.69) is 26.0 Å². The van der Waals surface area contributed by atoms with Crippen LogP contribution in [0.15, 0.2) is 59.5 Å². The maximum Gasteiger partial charge on any atom is 0.153 e. The summed E-state index contributed by atoms with van der Waals surface area (Å²) in [6.45, 7) is 0. The molecule has 0 saturated carbocycles. The number of halogens is 2. The van der Waals surface area contributed by atoms with Gasteiger partial charge in [0.25, 0.3) is 0 Å². The Bertz CT molecular complexity index is 707. The van der Waals surface area contributed by atoms with Crippen molar-refractivity contribution in [2.24, 2.45) is 0 Å². The Hall–Kier alpha value is -2.01. The van der Waals surface area contributed by atoms with Gasteiger partial charge in [-0.3, -0.25) is 0 Å². The van der Waals surface area contributed by atoms with Crippen LogP contribution in [0.25, 0.3) is 16.9 Å². The van der Waals surface area contributed by atoms with Crippen LogP contribution in [0.5, 0.6) is 0 Å². The summed E-state index contributed by atoms with van der Waals surface area (Å²) in [6, 6.07) is 10.3. The Morgan fingerprint density at radius 3 is 2.63 bits per heavy atom. The van der Waals surface area contributed by atoms with Gasteiger partial charge in [0.15, 0.2) is 5.82 Å². The predicted molar refractivity (Wildman–Crippen MR) is 74.5 cm³/mol. The molecular formula is C14H9BrFN3. The molecule has 94 valence electrons. The number of hydrogen-bond acceptors (Lipinski definition) is 2. The van der Waals surface area contributed by atoms with E-state index in [1.165, 1.54) is 6.07 Å². The molecule has 0 saturated heterocycles. The van der Waals surface area contributed by atoms with Crippen molar-refractivity contribution in [3.63, 3.8) is 0 Å². The van der Waals surface area contributed by atoms with Crippen LogP contribution in [0, 0.1) is 5.82 Å². The molecule has 0 amide bonds. The Labute approximate surface area is 117 Å². The van der Waals surface area contributed by atoms with Gasteiger partial charge in [0.05, 0.1) is 6.20 Å². The topological polar surface area (TPSA) is 30.7 Å². The summed E-state index contributed by atoms with van der Waals surface area (Å²) < 4.78 is 16.2. The smallest absolute Gasteiger partial charge is 0.153 e. The quantitative estimate of drug-likeness (QED) is 0.719. The summed E-state index contributed by atoms with van der Waals surface area (Å²) in [5, 5.41) is 4.21. The maximum atomic E-state index is 13.7. The number of hydrogen-bond donors (Lipinski definition) is 0. The van der Waals surface area contributed by atoms with E-state index in [1.807, 2.05) is 12.1 Å². The molecule has 0 bridgehead atoms. The van der Waals surface area contributed by atoms with Gasteiger partial charge in [-0.1, -0.05) is 18.2 Å². The van der Waals surface area contributed by atoms with Gasteiger partial charge in [0.2, 0.25) is 0 Å². The van der Waals surface area contributed by atoms with Gasteiger partial charge in [0, 0.05) is 28.0 Å². The molecule has 0 aliphatic rings. The molecule has 19 heavy (non-hydrogen) atoms. The maximum absolute atomic E-state index is 13.7. The van der Waals surface area contributed by atoms with E-state index in [-0.39, 0.29) is 5.82 Å². The van der Waals surface area contributed by atoms with Crippen molar-refractivity contribution in [2.45, 2.75) is 0 Å².